The lowest BCUT2D eigenvalue weighted by Gasteiger charge is -2.03. The van der Waals surface area contributed by atoms with Crippen LogP contribution in [0.1, 0.15) is 11.5 Å². The second kappa shape index (κ2) is 4.55. The van der Waals surface area contributed by atoms with Crippen LogP contribution in [0.5, 0.6) is 5.75 Å². The minimum atomic E-state index is 0.548. The van der Waals surface area contributed by atoms with Crippen molar-refractivity contribution in [3.63, 3.8) is 0 Å². The summed E-state index contributed by atoms with van der Waals surface area (Å²) < 4.78 is 13.2. The maximum Gasteiger partial charge on any atom is 0.178 e. The van der Waals surface area contributed by atoms with E-state index in [1.165, 1.54) is 0 Å². The summed E-state index contributed by atoms with van der Waals surface area (Å²) >= 11 is 5.36. The summed E-state index contributed by atoms with van der Waals surface area (Å²) in [7, 11) is 1.64. The van der Waals surface area contributed by atoms with E-state index in [0.29, 0.717) is 11.3 Å². The molecule has 0 fully saturated rings. The first-order valence-corrected chi connectivity index (χ1v) is 6.27. The van der Waals surface area contributed by atoms with Crippen LogP contribution >= 0.6 is 12.2 Å². The molecule has 3 aromatic rings. The number of nitrogens with one attached hydrogen (secondary N) is 1. The molecule has 0 saturated heterocycles. The molecule has 0 aliphatic heterocycles. The highest BCUT2D eigenvalue weighted by molar-refractivity contribution is 7.71. The van der Waals surface area contributed by atoms with E-state index in [2.05, 4.69) is 10.1 Å². The molecule has 0 spiro atoms. The van der Waals surface area contributed by atoms with Gasteiger partial charge in [-0.15, -0.1) is 0 Å². The molecular formula is C13H13N3O2S. The third-order valence-electron chi connectivity index (χ3n) is 2.98. The zero-order valence-corrected chi connectivity index (χ0v) is 11.5. The Balaban J connectivity index is 2.13. The Morgan fingerprint density at radius 3 is 3.00 bits per heavy atom. The number of hydrogen-bond acceptors (Lipinski definition) is 4. The highest BCUT2D eigenvalue weighted by Crippen LogP contribution is 2.25. The second-order valence-corrected chi connectivity index (χ2v) is 4.69. The van der Waals surface area contributed by atoms with Crippen LogP contribution in [0.15, 0.2) is 28.8 Å². The van der Waals surface area contributed by atoms with Gasteiger partial charge in [0.1, 0.15) is 11.3 Å². The molecule has 2 aromatic heterocycles. The van der Waals surface area contributed by atoms with Crippen LogP contribution in [-0.4, -0.2) is 21.8 Å². The van der Waals surface area contributed by atoms with Crippen LogP contribution in [-0.2, 0) is 6.54 Å². The van der Waals surface area contributed by atoms with E-state index in [-0.39, 0.29) is 0 Å². The molecule has 1 aromatic carbocycles. The summed E-state index contributed by atoms with van der Waals surface area (Å²) in [5.74, 6) is 1.55. The maximum absolute atomic E-state index is 5.36. The zero-order chi connectivity index (χ0) is 13.4. The van der Waals surface area contributed by atoms with Crippen LogP contribution in [0.3, 0.4) is 0 Å². The van der Waals surface area contributed by atoms with Gasteiger partial charge in [0.15, 0.2) is 10.5 Å². The van der Waals surface area contributed by atoms with Gasteiger partial charge in [-0.2, -0.15) is 0 Å². The fourth-order valence-electron chi connectivity index (χ4n) is 2.13. The Morgan fingerprint density at radius 2 is 2.32 bits per heavy atom. The molecule has 0 aliphatic rings. The third-order valence-corrected chi connectivity index (χ3v) is 3.31. The molecule has 6 heteroatoms. The SMILES string of the molecule is COc1cccc2c1[nH]c(=S)n2Cc1cc(C)no1. The largest absolute Gasteiger partial charge is 0.494 e. The quantitative estimate of drug-likeness (QED) is 0.746. The third kappa shape index (κ3) is 2.04. The molecule has 98 valence electrons. The van der Waals surface area contributed by atoms with Crippen molar-refractivity contribution in [2.24, 2.45) is 0 Å². The zero-order valence-electron chi connectivity index (χ0n) is 10.6. The number of imidazole rings is 1. The number of aromatic nitrogens is 3. The van der Waals surface area contributed by atoms with Gasteiger partial charge in [-0.1, -0.05) is 11.2 Å². The van der Waals surface area contributed by atoms with E-state index >= 15 is 0 Å². The van der Waals surface area contributed by atoms with Gasteiger partial charge in [0.25, 0.3) is 0 Å². The minimum Gasteiger partial charge on any atom is -0.494 e. The van der Waals surface area contributed by atoms with Crippen molar-refractivity contribution in [3.05, 3.63) is 40.5 Å². The molecule has 0 unspecified atom stereocenters. The maximum atomic E-state index is 5.36. The topological polar surface area (TPSA) is 56.0 Å². The lowest BCUT2D eigenvalue weighted by Crippen LogP contribution is -1.98. The van der Waals surface area contributed by atoms with Crippen molar-refractivity contribution in [3.8, 4) is 5.75 Å². The normalized spacial score (nSPS) is 11.1. The summed E-state index contributed by atoms with van der Waals surface area (Å²) in [6, 6.07) is 7.73. The minimum absolute atomic E-state index is 0.548. The molecule has 0 radical (unpaired) electrons. The molecule has 0 amide bonds. The molecule has 0 bridgehead atoms. The summed E-state index contributed by atoms with van der Waals surface area (Å²) in [5, 5.41) is 3.88. The molecule has 2 heterocycles. The van der Waals surface area contributed by atoms with Gasteiger partial charge in [0, 0.05) is 6.07 Å². The fraction of sp³-hybridized carbons (Fsp3) is 0.231. The van der Waals surface area contributed by atoms with Gasteiger partial charge in [-0.25, -0.2) is 0 Å². The van der Waals surface area contributed by atoms with Crippen LogP contribution in [0.4, 0.5) is 0 Å². The number of para-hydroxylation sites is 1. The molecular weight excluding hydrogens is 262 g/mol. The number of aromatic amines is 1. The highest BCUT2D eigenvalue weighted by Gasteiger charge is 2.10. The van der Waals surface area contributed by atoms with Gasteiger partial charge >= 0.3 is 0 Å². The monoisotopic (exact) mass is 275 g/mol. The average Bonchev–Trinajstić information content (AvgIpc) is 2.94. The molecule has 0 atom stereocenters. The van der Waals surface area contributed by atoms with E-state index in [1.807, 2.05) is 35.8 Å². The summed E-state index contributed by atoms with van der Waals surface area (Å²) in [5.41, 5.74) is 2.74. The van der Waals surface area contributed by atoms with E-state index in [1.54, 1.807) is 7.11 Å². The van der Waals surface area contributed by atoms with Crippen molar-refractivity contribution < 1.29 is 9.26 Å². The molecule has 3 rings (SSSR count). The van der Waals surface area contributed by atoms with Gasteiger partial charge in [0.2, 0.25) is 0 Å². The Bertz CT molecular complexity index is 785. The number of H-pyrrole nitrogens is 1. The van der Waals surface area contributed by atoms with E-state index in [0.717, 1.165) is 28.2 Å². The number of methoxy groups -OCH3 is 1. The van der Waals surface area contributed by atoms with E-state index in [4.69, 9.17) is 21.5 Å². The first kappa shape index (κ1) is 12.0. The van der Waals surface area contributed by atoms with Crippen molar-refractivity contribution in [2.75, 3.05) is 7.11 Å². The number of hydrogen-bond donors (Lipinski definition) is 1. The van der Waals surface area contributed by atoms with Crippen molar-refractivity contribution in [1.82, 2.24) is 14.7 Å². The number of nitrogens with zero attached hydrogens (tertiary/aromatic N) is 2. The Kier molecular flexibility index (Phi) is 2.87. The molecule has 19 heavy (non-hydrogen) atoms. The predicted molar refractivity (Wildman–Crippen MR) is 74.0 cm³/mol. The van der Waals surface area contributed by atoms with Crippen LogP contribution in [0, 0.1) is 11.7 Å². The van der Waals surface area contributed by atoms with Crippen LogP contribution in [0.25, 0.3) is 11.0 Å². The lowest BCUT2D eigenvalue weighted by molar-refractivity contribution is 0.373. The number of fused-ring (bicyclic) bond motifs is 1. The van der Waals surface area contributed by atoms with E-state index in [9.17, 15) is 0 Å². The van der Waals surface area contributed by atoms with Gasteiger partial charge in [-0.3, -0.25) is 0 Å². The van der Waals surface area contributed by atoms with E-state index < -0.39 is 0 Å². The summed E-state index contributed by atoms with van der Waals surface area (Å²) in [6.45, 7) is 2.44. The standard InChI is InChI=1S/C13H13N3O2S/c1-8-6-9(18-15-8)7-16-10-4-3-5-11(17-2)12(10)14-13(16)19/h3-6H,7H2,1-2H3,(H,14,19). The van der Waals surface area contributed by atoms with Crippen LogP contribution in [0.2, 0.25) is 0 Å². The summed E-state index contributed by atoms with van der Waals surface area (Å²) in [6.07, 6.45) is 0. The molecule has 1 N–H and O–H groups in total. The van der Waals surface area contributed by atoms with Gasteiger partial charge in [0.05, 0.1) is 24.9 Å². The first-order chi connectivity index (χ1) is 9.19. The highest BCUT2D eigenvalue weighted by atomic mass is 32.1. The van der Waals surface area contributed by atoms with Crippen molar-refractivity contribution in [1.29, 1.82) is 0 Å². The number of ether oxygens (including phenoxy) is 1. The average molecular weight is 275 g/mol. The first-order valence-electron chi connectivity index (χ1n) is 5.87. The number of benzene rings is 1. The van der Waals surface area contributed by atoms with Gasteiger partial charge < -0.3 is 18.8 Å². The van der Waals surface area contributed by atoms with Gasteiger partial charge in [-0.05, 0) is 31.3 Å². The molecule has 0 saturated carbocycles. The smallest absolute Gasteiger partial charge is 0.178 e. The molecule has 0 aliphatic carbocycles. The van der Waals surface area contributed by atoms with Crippen molar-refractivity contribution in [2.45, 2.75) is 13.5 Å². The van der Waals surface area contributed by atoms with Crippen LogP contribution < -0.4 is 4.74 Å². The predicted octanol–water partition coefficient (Wildman–Crippen LogP) is 3.05. The number of rotatable bonds is 3. The summed E-state index contributed by atoms with van der Waals surface area (Å²) in [4.78, 5) is 3.16. The lowest BCUT2D eigenvalue weighted by atomic mass is 10.3. The number of aryl methyl sites for hydroxylation is 1. The fourth-order valence-corrected chi connectivity index (χ4v) is 2.39. The Labute approximate surface area is 114 Å². The molecule has 5 nitrogen and oxygen atoms in total. The van der Waals surface area contributed by atoms with Crippen molar-refractivity contribution >= 4 is 23.3 Å². The Hall–Kier alpha value is -2.08. The second-order valence-electron chi connectivity index (χ2n) is 4.31. The Morgan fingerprint density at radius 1 is 1.47 bits per heavy atom.